The first-order valence-corrected chi connectivity index (χ1v) is 8.48. The molecule has 1 aliphatic heterocycles. The molecule has 132 valence electrons. The fraction of sp³-hybridized carbons (Fsp3) is 0.250. The van der Waals surface area contributed by atoms with Gasteiger partial charge >= 0.3 is 6.18 Å². The molecule has 2 N–H and O–H groups in total. The van der Waals surface area contributed by atoms with Gasteiger partial charge in [-0.05, 0) is 12.1 Å². The number of primary amides is 1. The molecule has 2 rings (SSSR count). The number of hydrogen-bond acceptors (Lipinski definition) is 3. The first kappa shape index (κ1) is 19.6. The van der Waals surface area contributed by atoms with Crippen molar-refractivity contribution in [2.75, 3.05) is 4.90 Å². The van der Waals surface area contributed by atoms with E-state index in [1.54, 1.807) is 0 Å². The van der Waals surface area contributed by atoms with Crippen LogP contribution in [-0.2, 0) is 11.0 Å². The summed E-state index contributed by atoms with van der Waals surface area (Å²) in [4.78, 5) is 11.8. The molecule has 1 amide bonds. The van der Waals surface area contributed by atoms with Gasteiger partial charge in [0.05, 0.1) is 21.3 Å². The molecule has 0 fully saturated rings. The molecule has 1 aromatic carbocycles. The van der Waals surface area contributed by atoms with Gasteiger partial charge in [-0.3, -0.25) is 4.79 Å². The summed E-state index contributed by atoms with van der Waals surface area (Å²) in [5.41, 5.74) is 2.88. The average molecular weight is 472 g/mol. The van der Waals surface area contributed by atoms with Gasteiger partial charge in [0.1, 0.15) is 14.9 Å². The van der Waals surface area contributed by atoms with Crippen molar-refractivity contribution >= 4 is 62.5 Å². The van der Waals surface area contributed by atoms with Crippen LogP contribution < -0.4 is 10.6 Å². The van der Waals surface area contributed by atoms with Crippen LogP contribution in [0.3, 0.4) is 0 Å². The SMILES string of the molecule is NC(=O)C1=C(C(F)F)N(c2c(Cl)cc(C(F)(F)F)cc2Cl)C(Br)S1. The molecule has 1 aliphatic rings. The second-order valence-electron chi connectivity index (χ2n) is 4.45. The predicted octanol–water partition coefficient (Wildman–Crippen LogP) is 5.21. The molecule has 0 aromatic heterocycles. The molecule has 0 spiro atoms. The average Bonchev–Trinajstić information content (AvgIpc) is 2.75. The molecule has 0 saturated carbocycles. The number of halogens is 8. The number of hydrogen-bond donors (Lipinski definition) is 1. The van der Waals surface area contributed by atoms with Crippen molar-refractivity contribution in [2.45, 2.75) is 16.9 Å². The summed E-state index contributed by atoms with van der Waals surface area (Å²) in [6.07, 6.45) is -7.84. The van der Waals surface area contributed by atoms with Crippen molar-refractivity contribution in [3.05, 3.63) is 38.3 Å². The molecule has 1 atom stereocenters. The minimum absolute atomic E-state index is 0.285. The van der Waals surface area contributed by atoms with Gasteiger partial charge in [-0.1, -0.05) is 50.9 Å². The Hall–Kier alpha value is -0.710. The molecular formula is C12H6BrCl2F5N2OS. The highest BCUT2D eigenvalue weighted by Gasteiger charge is 2.41. The number of rotatable bonds is 3. The van der Waals surface area contributed by atoms with Gasteiger partial charge in [0, 0.05) is 0 Å². The Balaban J connectivity index is 2.64. The summed E-state index contributed by atoms with van der Waals surface area (Å²) in [7, 11) is 0. The highest BCUT2D eigenvalue weighted by atomic mass is 79.9. The lowest BCUT2D eigenvalue weighted by atomic mass is 10.1. The molecule has 1 aromatic rings. The van der Waals surface area contributed by atoms with E-state index >= 15 is 0 Å². The number of thioether (sulfide) groups is 1. The number of nitrogens with two attached hydrogens (primary N) is 1. The Morgan fingerprint density at radius 3 is 2.17 bits per heavy atom. The van der Waals surface area contributed by atoms with E-state index < -0.39 is 49.0 Å². The first-order chi connectivity index (χ1) is 10.9. The van der Waals surface area contributed by atoms with Crippen LogP contribution in [0.2, 0.25) is 10.0 Å². The summed E-state index contributed by atoms with van der Waals surface area (Å²) in [6, 6.07) is 1.14. The molecular weight excluding hydrogens is 466 g/mol. The number of amides is 1. The largest absolute Gasteiger partial charge is 0.416 e. The molecule has 0 bridgehead atoms. The van der Waals surface area contributed by atoms with Gasteiger partial charge < -0.3 is 10.6 Å². The number of alkyl halides is 6. The van der Waals surface area contributed by atoms with Crippen molar-refractivity contribution in [1.29, 1.82) is 0 Å². The summed E-state index contributed by atoms with van der Waals surface area (Å²) >= 11 is 15.4. The van der Waals surface area contributed by atoms with E-state index in [4.69, 9.17) is 28.9 Å². The van der Waals surface area contributed by atoms with Gasteiger partial charge in [0.15, 0.2) is 0 Å². The van der Waals surface area contributed by atoms with E-state index in [2.05, 4.69) is 15.9 Å². The van der Waals surface area contributed by atoms with Gasteiger partial charge in [0.25, 0.3) is 12.3 Å². The van der Waals surface area contributed by atoms with Crippen molar-refractivity contribution in [3.8, 4) is 0 Å². The Labute approximate surface area is 155 Å². The van der Waals surface area contributed by atoms with Gasteiger partial charge in [-0.2, -0.15) is 13.2 Å². The normalized spacial score (nSPS) is 18.7. The second kappa shape index (κ2) is 6.89. The highest BCUT2D eigenvalue weighted by Crippen LogP contribution is 2.50. The van der Waals surface area contributed by atoms with Crippen LogP contribution in [0.15, 0.2) is 22.7 Å². The van der Waals surface area contributed by atoms with E-state index in [0.717, 1.165) is 4.90 Å². The number of carbonyl (C=O) groups is 1. The molecule has 3 nitrogen and oxygen atoms in total. The van der Waals surface area contributed by atoms with Gasteiger partial charge in [-0.25, -0.2) is 8.78 Å². The minimum Gasteiger partial charge on any atom is -0.365 e. The zero-order valence-corrected chi connectivity index (χ0v) is 15.1. The molecule has 1 heterocycles. The fourth-order valence-corrected chi connectivity index (χ4v) is 4.60. The number of nitrogens with zero attached hydrogens (tertiary/aromatic N) is 1. The number of benzene rings is 1. The van der Waals surface area contributed by atoms with Crippen LogP contribution in [0.5, 0.6) is 0 Å². The standard InChI is InChI=1S/C12H6BrCl2F5N2OS/c13-11-22(7(9(16)17)8(24-11)10(21)23)6-4(14)1-3(2-5(6)15)12(18,19)20/h1-2,9,11H,(H2,21,23). The molecule has 24 heavy (non-hydrogen) atoms. The fourth-order valence-electron chi connectivity index (χ4n) is 2.00. The number of carbonyl (C=O) groups excluding carboxylic acids is 1. The van der Waals surface area contributed by atoms with Crippen LogP contribution >= 0.6 is 50.9 Å². The molecule has 1 unspecified atom stereocenters. The Morgan fingerprint density at radius 2 is 1.79 bits per heavy atom. The number of anilines is 1. The van der Waals surface area contributed by atoms with Crippen LogP contribution in [0.4, 0.5) is 27.6 Å². The molecule has 0 radical (unpaired) electrons. The monoisotopic (exact) mass is 470 g/mol. The van der Waals surface area contributed by atoms with Crippen molar-refractivity contribution < 1.29 is 26.7 Å². The van der Waals surface area contributed by atoms with Gasteiger partial charge in [0.2, 0.25) is 0 Å². The third kappa shape index (κ3) is 3.61. The second-order valence-corrected chi connectivity index (χ2v) is 7.82. The summed E-state index contributed by atoms with van der Waals surface area (Å²) < 4.78 is 64.1. The first-order valence-electron chi connectivity index (χ1n) is 5.93. The van der Waals surface area contributed by atoms with E-state index in [9.17, 15) is 26.7 Å². The molecule has 12 heteroatoms. The Morgan fingerprint density at radius 1 is 1.29 bits per heavy atom. The lowest BCUT2D eigenvalue weighted by Crippen LogP contribution is -2.28. The Kier molecular flexibility index (Phi) is 5.63. The topological polar surface area (TPSA) is 46.3 Å². The summed E-state index contributed by atoms with van der Waals surface area (Å²) in [5.74, 6) is -1.10. The smallest absolute Gasteiger partial charge is 0.365 e. The zero-order chi connectivity index (χ0) is 18.4. The minimum atomic E-state index is -4.71. The van der Waals surface area contributed by atoms with Crippen LogP contribution in [0.1, 0.15) is 5.56 Å². The third-order valence-corrected chi connectivity index (χ3v) is 5.52. The molecule has 0 aliphatic carbocycles. The van der Waals surface area contributed by atoms with E-state index in [0.29, 0.717) is 23.9 Å². The van der Waals surface area contributed by atoms with E-state index in [1.807, 2.05) is 0 Å². The Bertz CT molecular complexity index is 705. The van der Waals surface area contributed by atoms with E-state index in [-0.39, 0.29) is 5.69 Å². The van der Waals surface area contributed by atoms with Crippen molar-refractivity contribution in [1.82, 2.24) is 0 Å². The van der Waals surface area contributed by atoms with Crippen LogP contribution in [-0.4, -0.2) is 16.6 Å². The van der Waals surface area contributed by atoms with Crippen LogP contribution in [0, 0.1) is 0 Å². The highest BCUT2D eigenvalue weighted by molar-refractivity contribution is 9.11. The maximum Gasteiger partial charge on any atom is 0.416 e. The molecule has 0 saturated heterocycles. The predicted molar refractivity (Wildman–Crippen MR) is 86.5 cm³/mol. The van der Waals surface area contributed by atoms with Crippen molar-refractivity contribution in [2.24, 2.45) is 5.73 Å². The lowest BCUT2D eigenvalue weighted by molar-refractivity contribution is -0.137. The summed E-state index contributed by atoms with van der Waals surface area (Å²) in [6.45, 7) is 0. The van der Waals surface area contributed by atoms with E-state index in [1.165, 1.54) is 0 Å². The third-order valence-electron chi connectivity index (χ3n) is 2.93. The number of allylic oxidation sites excluding steroid dienone is 1. The zero-order valence-electron chi connectivity index (χ0n) is 11.2. The van der Waals surface area contributed by atoms with Crippen molar-refractivity contribution in [3.63, 3.8) is 0 Å². The lowest BCUT2D eigenvalue weighted by Gasteiger charge is -2.27. The maximum absolute atomic E-state index is 13.4. The summed E-state index contributed by atoms with van der Waals surface area (Å²) in [5, 5.41) is -0.993. The quantitative estimate of drug-likeness (QED) is 0.374. The maximum atomic E-state index is 13.4. The van der Waals surface area contributed by atoms with Crippen LogP contribution in [0.25, 0.3) is 0 Å². The van der Waals surface area contributed by atoms with Gasteiger partial charge in [-0.15, -0.1) is 0 Å².